The third kappa shape index (κ3) is 4.73. The highest BCUT2D eigenvalue weighted by atomic mass is 16.5. The average molecular weight is 345 g/mol. The quantitative estimate of drug-likeness (QED) is 0.540. The van der Waals surface area contributed by atoms with Crippen molar-refractivity contribution in [2.75, 3.05) is 18.0 Å². The summed E-state index contributed by atoms with van der Waals surface area (Å²) < 4.78 is 5.91. The van der Waals surface area contributed by atoms with Crippen LogP contribution in [0.3, 0.4) is 0 Å². The number of benzene rings is 3. The van der Waals surface area contributed by atoms with Crippen molar-refractivity contribution in [3.63, 3.8) is 0 Å². The molecule has 0 fully saturated rings. The monoisotopic (exact) mass is 345 g/mol. The third-order valence-corrected chi connectivity index (χ3v) is 4.24. The SMILES string of the molecule is CCN(CC(=O)c1ccccc1)c1cccc(OCc2ccccc2)c1. The Labute approximate surface area is 154 Å². The van der Waals surface area contributed by atoms with Crippen LogP contribution in [0.15, 0.2) is 84.9 Å². The average Bonchev–Trinajstić information content (AvgIpc) is 2.72. The summed E-state index contributed by atoms with van der Waals surface area (Å²) >= 11 is 0. The van der Waals surface area contributed by atoms with E-state index in [9.17, 15) is 4.79 Å². The lowest BCUT2D eigenvalue weighted by Crippen LogP contribution is -2.29. The van der Waals surface area contributed by atoms with Crippen molar-refractivity contribution in [3.8, 4) is 5.75 Å². The molecular weight excluding hydrogens is 322 g/mol. The molecule has 26 heavy (non-hydrogen) atoms. The van der Waals surface area contributed by atoms with Crippen LogP contribution in [0.1, 0.15) is 22.8 Å². The number of likely N-dealkylation sites (N-methyl/N-ethyl adjacent to an activating group) is 1. The molecule has 0 radical (unpaired) electrons. The van der Waals surface area contributed by atoms with Crippen LogP contribution in [0.2, 0.25) is 0 Å². The molecule has 0 bridgehead atoms. The van der Waals surface area contributed by atoms with Gasteiger partial charge in [0.25, 0.3) is 0 Å². The van der Waals surface area contributed by atoms with Crippen molar-refractivity contribution < 1.29 is 9.53 Å². The Morgan fingerprint density at radius 1 is 0.885 bits per heavy atom. The fraction of sp³-hybridized carbons (Fsp3) is 0.174. The van der Waals surface area contributed by atoms with E-state index in [-0.39, 0.29) is 5.78 Å². The Hall–Kier alpha value is -3.07. The van der Waals surface area contributed by atoms with Gasteiger partial charge in [-0.2, -0.15) is 0 Å². The van der Waals surface area contributed by atoms with Crippen LogP contribution in [0.4, 0.5) is 5.69 Å². The van der Waals surface area contributed by atoms with E-state index in [1.165, 1.54) is 0 Å². The third-order valence-electron chi connectivity index (χ3n) is 4.24. The van der Waals surface area contributed by atoms with Crippen LogP contribution >= 0.6 is 0 Å². The van der Waals surface area contributed by atoms with Gasteiger partial charge in [0.2, 0.25) is 0 Å². The minimum atomic E-state index is 0.114. The Morgan fingerprint density at radius 2 is 1.58 bits per heavy atom. The normalized spacial score (nSPS) is 10.3. The highest BCUT2D eigenvalue weighted by molar-refractivity contribution is 5.99. The van der Waals surface area contributed by atoms with Crippen molar-refractivity contribution >= 4 is 11.5 Å². The molecule has 0 aromatic heterocycles. The van der Waals surface area contributed by atoms with E-state index in [2.05, 4.69) is 11.8 Å². The zero-order valence-electron chi connectivity index (χ0n) is 15.0. The Kier molecular flexibility index (Phi) is 6.05. The summed E-state index contributed by atoms with van der Waals surface area (Å²) in [5, 5.41) is 0. The number of hydrogen-bond acceptors (Lipinski definition) is 3. The van der Waals surface area contributed by atoms with Gasteiger partial charge in [-0.15, -0.1) is 0 Å². The van der Waals surface area contributed by atoms with Crippen LogP contribution in [0.25, 0.3) is 0 Å². The molecule has 3 heteroatoms. The van der Waals surface area contributed by atoms with E-state index < -0.39 is 0 Å². The van der Waals surface area contributed by atoms with E-state index in [1.807, 2.05) is 84.9 Å². The number of carbonyl (C=O) groups excluding carboxylic acids is 1. The maximum absolute atomic E-state index is 12.5. The van der Waals surface area contributed by atoms with E-state index in [4.69, 9.17) is 4.74 Å². The van der Waals surface area contributed by atoms with Gasteiger partial charge >= 0.3 is 0 Å². The first-order chi connectivity index (χ1) is 12.8. The predicted molar refractivity (Wildman–Crippen MR) is 106 cm³/mol. The standard InChI is InChI=1S/C23H23NO2/c1-2-24(17-23(25)20-12-7-4-8-13-20)21-14-9-15-22(16-21)26-18-19-10-5-3-6-11-19/h3-16H,2,17-18H2,1H3. The summed E-state index contributed by atoms with van der Waals surface area (Å²) in [4.78, 5) is 14.6. The molecule has 3 rings (SSSR count). The topological polar surface area (TPSA) is 29.5 Å². The Bertz CT molecular complexity index is 831. The molecule has 0 aliphatic carbocycles. The minimum Gasteiger partial charge on any atom is -0.489 e. The molecule has 0 unspecified atom stereocenters. The van der Waals surface area contributed by atoms with Gasteiger partial charge in [0.15, 0.2) is 5.78 Å². The molecule has 0 amide bonds. The van der Waals surface area contributed by atoms with Crippen molar-refractivity contribution in [1.82, 2.24) is 0 Å². The molecule has 132 valence electrons. The van der Waals surface area contributed by atoms with Crippen LogP contribution in [0, 0.1) is 0 Å². The smallest absolute Gasteiger partial charge is 0.182 e. The second-order valence-electron chi connectivity index (χ2n) is 6.08. The molecule has 3 aromatic rings. The van der Waals surface area contributed by atoms with Crippen LogP contribution in [0.5, 0.6) is 5.75 Å². The van der Waals surface area contributed by atoms with Crippen molar-refractivity contribution in [2.24, 2.45) is 0 Å². The first-order valence-corrected chi connectivity index (χ1v) is 8.86. The second-order valence-corrected chi connectivity index (χ2v) is 6.08. The molecule has 0 aliphatic rings. The maximum atomic E-state index is 12.5. The van der Waals surface area contributed by atoms with Gasteiger partial charge < -0.3 is 9.64 Å². The number of hydrogen-bond donors (Lipinski definition) is 0. The molecule has 3 nitrogen and oxygen atoms in total. The summed E-state index contributed by atoms with van der Waals surface area (Å²) in [6, 6.07) is 27.4. The van der Waals surface area contributed by atoms with Gasteiger partial charge in [-0.3, -0.25) is 4.79 Å². The predicted octanol–water partition coefficient (Wildman–Crippen LogP) is 4.97. The van der Waals surface area contributed by atoms with E-state index in [0.29, 0.717) is 13.2 Å². The molecular formula is C23H23NO2. The Morgan fingerprint density at radius 3 is 2.27 bits per heavy atom. The second kappa shape index (κ2) is 8.86. The van der Waals surface area contributed by atoms with Crippen LogP contribution in [-0.2, 0) is 6.61 Å². The number of carbonyl (C=O) groups is 1. The fourth-order valence-electron chi connectivity index (χ4n) is 2.79. The molecule has 0 atom stereocenters. The number of anilines is 1. The highest BCUT2D eigenvalue weighted by Gasteiger charge is 2.12. The zero-order valence-corrected chi connectivity index (χ0v) is 15.0. The summed E-state index contributed by atoms with van der Waals surface area (Å²) in [7, 11) is 0. The lowest BCUT2D eigenvalue weighted by Gasteiger charge is -2.23. The van der Waals surface area contributed by atoms with E-state index >= 15 is 0 Å². The van der Waals surface area contributed by atoms with E-state index in [1.54, 1.807) is 0 Å². The lowest BCUT2D eigenvalue weighted by atomic mass is 10.1. The van der Waals surface area contributed by atoms with Crippen LogP contribution in [-0.4, -0.2) is 18.9 Å². The zero-order chi connectivity index (χ0) is 18.2. The Balaban J connectivity index is 1.67. The van der Waals surface area contributed by atoms with Crippen LogP contribution < -0.4 is 9.64 Å². The molecule has 0 spiro atoms. The molecule has 3 aromatic carbocycles. The number of nitrogens with zero attached hydrogens (tertiary/aromatic N) is 1. The summed E-state index contributed by atoms with van der Waals surface area (Å²) in [6.45, 7) is 3.68. The maximum Gasteiger partial charge on any atom is 0.182 e. The minimum absolute atomic E-state index is 0.114. The first-order valence-electron chi connectivity index (χ1n) is 8.86. The largest absolute Gasteiger partial charge is 0.489 e. The van der Waals surface area contributed by atoms with Crippen molar-refractivity contribution in [1.29, 1.82) is 0 Å². The molecule has 0 aliphatic heterocycles. The van der Waals surface area contributed by atoms with E-state index in [0.717, 1.165) is 29.1 Å². The molecule has 0 saturated heterocycles. The number of ether oxygens (including phenoxy) is 1. The van der Waals surface area contributed by atoms with Gasteiger partial charge in [-0.1, -0.05) is 66.7 Å². The number of Topliss-reactive ketones (excluding diaryl/α,β-unsaturated/α-hetero) is 1. The highest BCUT2D eigenvalue weighted by Crippen LogP contribution is 2.22. The number of rotatable bonds is 8. The first kappa shape index (κ1) is 17.7. The summed E-state index contributed by atoms with van der Waals surface area (Å²) in [6.07, 6.45) is 0. The summed E-state index contributed by atoms with van der Waals surface area (Å²) in [5.41, 5.74) is 2.86. The molecule has 0 heterocycles. The summed E-state index contributed by atoms with van der Waals surface area (Å²) in [5.74, 6) is 0.917. The lowest BCUT2D eigenvalue weighted by molar-refractivity contribution is 0.0999. The van der Waals surface area contributed by atoms with Gasteiger partial charge in [0.1, 0.15) is 12.4 Å². The van der Waals surface area contributed by atoms with Crippen molar-refractivity contribution in [2.45, 2.75) is 13.5 Å². The van der Waals surface area contributed by atoms with Crippen molar-refractivity contribution in [3.05, 3.63) is 96.1 Å². The van der Waals surface area contributed by atoms with Gasteiger partial charge in [0, 0.05) is 23.9 Å². The van der Waals surface area contributed by atoms with Gasteiger partial charge in [0.05, 0.1) is 6.54 Å². The molecule has 0 N–H and O–H groups in total. The van der Waals surface area contributed by atoms with Gasteiger partial charge in [-0.25, -0.2) is 0 Å². The fourth-order valence-corrected chi connectivity index (χ4v) is 2.79. The van der Waals surface area contributed by atoms with Gasteiger partial charge in [-0.05, 0) is 24.6 Å². The molecule has 0 saturated carbocycles. The number of ketones is 1.